The van der Waals surface area contributed by atoms with Crippen molar-refractivity contribution < 1.29 is 4.74 Å². The van der Waals surface area contributed by atoms with Crippen LogP contribution in [-0.2, 0) is 4.74 Å². The Balaban J connectivity index is 0.00000324. The lowest BCUT2D eigenvalue weighted by molar-refractivity contribution is 0.163. The van der Waals surface area contributed by atoms with E-state index in [0.29, 0.717) is 12.5 Å². The first-order valence-corrected chi connectivity index (χ1v) is 6.02. The number of benzene rings is 1. The third-order valence-corrected chi connectivity index (χ3v) is 2.49. The topological polar surface area (TPSA) is 62.9 Å². The van der Waals surface area contributed by atoms with Crippen LogP contribution in [-0.4, -0.2) is 51.3 Å². The van der Waals surface area contributed by atoms with Crippen LogP contribution in [0.2, 0.25) is 0 Å². The predicted molar refractivity (Wildman–Crippen MR) is 91.3 cm³/mol. The van der Waals surface area contributed by atoms with E-state index >= 15 is 0 Å². The van der Waals surface area contributed by atoms with Gasteiger partial charge in [0.1, 0.15) is 0 Å². The van der Waals surface area contributed by atoms with E-state index in [2.05, 4.69) is 15.2 Å². The van der Waals surface area contributed by atoms with Crippen LogP contribution in [0.1, 0.15) is 0 Å². The second kappa shape index (κ2) is 11.0. The molecule has 0 aliphatic heterocycles. The lowest BCUT2D eigenvalue weighted by atomic mass is 10.3. The van der Waals surface area contributed by atoms with Crippen molar-refractivity contribution in [1.29, 1.82) is 0 Å². The quantitative estimate of drug-likeness (QED) is 0.430. The number of nitrogens with one attached hydrogen (secondary N) is 1. The van der Waals surface area contributed by atoms with E-state index in [0.717, 1.165) is 25.4 Å². The van der Waals surface area contributed by atoms with Gasteiger partial charge in [0.05, 0.1) is 13.2 Å². The Morgan fingerprint density at radius 3 is 2.63 bits per heavy atom. The van der Waals surface area contributed by atoms with E-state index in [4.69, 9.17) is 10.5 Å². The third kappa shape index (κ3) is 8.79. The number of hydrogen-bond acceptors (Lipinski definition) is 3. The first-order chi connectivity index (χ1) is 8.72. The number of halogens is 1. The molecular formula is C13H23IN4O. The number of nitrogens with zero attached hydrogens (tertiary/aromatic N) is 2. The van der Waals surface area contributed by atoms with Crippen molar-refractivity contribution in [2.75, 3.05) is 45.7 Å². The Kier molecular flexibility index (Phi) is 10.5. The van der Waals surface area contributed by atoms with Gasteiger partial charge in [0.2, 0.25) is 0 Å². The van der Waals surface area contributed by atoms with E-state index in [1.165, 1.54) is 0 Å². The fraction of sp³-hybridized carbons (Fsp3) is 0.462. The SMILES string of the molecule is COCCN(C)CCN=C(N)Nc1ccccc1.I. The molecule has 1 aromatic carbocycles. The van der Waals surface area contributed by atoms with Crippen LogP contribution >= 0.6 is 24.0 Å². The zero-order valence-corrected chi connectivity index (χ0v) is 13.8. The van der Waals surface area contributed by atoms with Gasteiger partial charge in [0, 0.05) is 25.9 Å². The van der Waals surface area contributed by atoms with Crippen LogP contribution in [0.3, 0.4) is 0 Å². The van der Waals surface area contributed by atoms with Crippen molar-refractivity contribution in [2.45, 2.75) is 0 Å². The normalized spacial score (nSPS) is 11.2. The maximum absolute atomic E-state index is 5.79. The van der Waals surface area contributed by atoms with E-state index in [9.17, 15) is 0 Å². The largest absolute Gasteiger partial charge is 0.383 e. The first-order valence-electron chi connectivity index (χ1n) is 6.02. The van der Waals surface area contributed by atoms with Crippen LogP contribution in [0.15, 0.2) is 35.3 Å². The molecule has 0 fully saturated rings. The predicted octanol–water partition coefficient (Wildman–Crippen LogP) is 1.61. The number of methoxy groups -OCH3 is 1. The smallest absolute Gasteiger partial charge is 0.193 e. The van der Waals surface area contributed by atoms with Crippen LogP contribution in [0.4, 0.5) is 5.69 Å². The molecule has 1 rings (SSSR count). The average Bonchev–Trinajstić information content (AvgIpc) is 2.37. The molecular weight excluding hydrogens is 355 g/mol. The molecule has 0 aliphatic carbocycles. The minimum atomic E-state index is 0. The molecule has 0 spiro atoms. The van der Waals surface area contributed by atoms with Gasteiger partial charge < -0.3 is 20.7 Å². The average molecular weight is 378 g/mol. The second-order valence-electron chi connectivity index (χ2n) is 4.05. The third-order valence-electron chi connectivity index (χ3n) is 2.49. The molecule has 0 aromatic heterocycles. The molecule has 0 saturated heterocycles. The molecule has 5 nitrogen and oxygen atoms in total. The number of aliphatic imine (C=N–C) groups is 1. The monoisotopic (exact) mass is 378 g/mol. The summed E-state index contributed by atoms with van der Waals surface area (Å²) in [5.41, 5.74) is 6.74. The molecule has 3 N–H and O–H groups in total. The molecule has 0 radical (unpaired) electrons. The first kappa shape index (κ1) is 18.1. The van der Waals surface area contributed by atoms with Crippen molar-refractivity contribution >= 4 is 35.6 Å². The lowest BCUT2D eigenvalue weighted by Gasteiger charge is -2.14. The van der Waals surface area contributed by atoms with E-state index in [-0.39, 0.29) is 24.0 Å². The summed E-state index contributed by atoms with van der Waals surface area (Å²) < 4.78 is 5.00. The summed E-state index contributed by atoms with van der Waals surface area (Å²) in [5.74, 6) is 0.446. The van der Waals surface area contributed by atoms with Gasteiger partial charge in [-0.15, -0.1) is 24.0 Å². The molecule has 19 heavy (non-hydrogen) atoms. The number of ether oxygens (including phenoxy) is 1. The van der Waals surface area contributed by atoms with Gasteiger partial charge in [-0.3, -0.25) is 4.99 Å². The summed E-state index contributed by atoms with van der Waals surface area (Å²) in [6, 6.07) is 9.77. The van der Waals surface area contributed by atoms with E-state index in [1.54, 1.807) is 7.11 Å². The Hall–Kier alpha value is -0.860. The van der Waals surface area contributed by atoms with Crippen molar-refractivity contribution in [2.24, 2.45) is 10.7 Å². The van der Waals surface area contributed by atoms with Crippen LogP contribution in [0.25, 0.3) is 0 Å². The molecule has 0 bridgehead atoms. The number of guanidine groups is 1. The van der Waals surface area contributed by atoms with Crippen LogP contribution in [0, 0.1) is 0 Å². The van der Waals surface area contributed by atoms with Crippen LogP contribution in [0.5, 0.6) is 0 Å². The highest BCUT2D eigenvalue weighted by Gasteiger charge is 1.97. The summed E-state index contributed by atoms with van der Waals surface area (Å²) in [4.78, 5) is 6.42. The summed E-state index contributed by atoms with van der Waals surface area (Å²) in [5, 5.41) is 3.04. The molecule has 0 aliphatic rings. The number of hydrogen-bond donors (Lipinski definition) is 2. The minimum absolute atomic E-state index is 0. The van der Waals surface area contributed by atoms with Gasteiger partial charge in [-0.1, -0.05) is 18.2 Å². The molecule has 108 valence electrons. The molecule has 0 atom stereocenters. The molecule has 6 heteroatoms. The highest BCUT2D eigenvalue weighted by atomic mass is 127. The fourth-order valence-electron chi connectivity index (χ4n) is 1.41. The summed E-state index contributed by atoms with van der Waals surface area (Å²) in [7, 11) is 3.74. The standard InChI is InChI=1S/C13H22N4O.HI/c1-17(10-11-18-2)9-8-15-13(14)16-12-6-4-3-5-7-12;/h3-7H,8-11H2,1-2H3,(H3,14,15,16);1H. The van der Waals surface area contributed by atoms with Crippen molar-refractivity contribution in [3.8, 4) is 0 Å². The molecule has 1 aromatic rings. The van der Waals surface area contributed by atoms with Crippen molar-refractivity contribution in [1.82, 2.24) is 4.90 Å². The van der Waals surface area contributed by atoms with E-state index < -0.39 is 0 Å². The summed E-state index contributed by atoms with van der Waals surface area (Å²) in [6.45, 7) is 3.17. The second-order valence-corrected chi connectivity index (χ2v) is 4.05. The zero-order valence-electron chi connectivity index (χ0n) is 11.5. The van der Waals surface area contributed by atoms with Gasteiger partial charge in [-0.05, 0) is 19.2 Å². The number of nitrogens with two attached hydrogens (primary N) is 1. The Bertz CT molecular complexity index is 359. The number of likely N-dealkylation sites (N-methyl/N-ethyl adjacent to an activating group) is 1. The maximum Gasteiger partial charge on any atom is 0.193 e. The van der Waals surface area contributed by atoms with Crippen molar-refractivity contribution in [3.63, 3.8) is 0 Å². The minimum Gasteiger partial charge on any atom is -0.383 e. The number of rotatable bonds is 7. The van der Waals surface area contributed by atoms with Gasteiger partial charge in [0.15, 0.2) is 5.96 Å². The fourth-order valence-corrected chi connectivity index (χ4v) is 1.41. The Morgan fingerprint density at radius 1 is 1.32 bits per heavy atom. The van der Waals surface area contributed by atoms with Gasteiger partial charge >= 0.3 is 0 Å². The highest BCUT2D eigenvalue weighted by Crippen LogP contribution is 2.03. The Labute approximate surface area is 132 Å². The molecule has 0 heterocycles. The molecule has 0 unspecified atom stereocenters. The van der Waals surface area contributed by atoms with Gasteiger partial charge in [0.25, 0.3) is 0 Å². The molecule has 0 saturated carbocycles. The van der Waals surface area contributed by atoms with E-state index in [1.807, 2.05) is 37.4 Å². The highest BCUT2D eigenvalue weighted by molar-refractivity contribution is 14.0. The van der Waals surface area contributed by atoms with Crippen LogP contribution < -0.4 is 11.1 Å². The number of para-hydroxylation sites is 1. The zero-order chi connectivity index (χ0) is 13.2. The van der Waals surface area contributed by atoms with Crippen molar-refractivity contribution in [3.05, 3.63) is 30.3 Å². The lowest BCUT2D eigenvalue weighted by Crippen LogP contribution is -2.28. The summed E-state index contributed by atoms with van der Waals surface area (Å²) in [6.07, 6.45) is 0. The molecule has 0 amide bonds. The Morgan fingerprint density at radius 2 is 2.00 bits per heavy atom. The maximum atomic E-state index is 5.79. The van der Waals surface area contributed by atoms with Gasteiger partial charge in [-0.2, -0.15) is 0 Å². The summed E-state index contributed by atoms with van der Waals surface area (Å²) >= 11 is 0. The van der Waals surface area contributed by atoms with Gasteiger partial charge in [-0.25, -0.2) is 0 Å². The number of anilines is 1.